The minimum absolute atomic E-state index is 0.278. The summed E-state index contributed by atoms with van der Waals surface area (Å²) in [6.45, 7) is 3.79. The van der Waals surface area contributed by atoms with Crippen molar-refractivity contribution in [1.82, 2.24) is 10.3 Å². The molecule has 1 aromatic rings. The summed E-state index contributed by atoms with van der Waals surface area (Å²) in [4.78, 5) is 13.6. The maximum Gasteiger partial charge on any atom is 0.300 e. The molecule has 1 heterocycles. The molecule has 0 unspecified atom stereocenters. The third-order valence-corrected chi connectivity index (χ3v) is 3.08. The highest BCUT2D eigenvalue weighted by molar-refractivity contribution is 5.91. The van der Waals surface area contributed by atoms with Gasteiger partial charge in [-0.1, -0.05) is 0 Å². The number of nitrogen functional groups attached to an aromatic ring is 1. The molecule has 0 aromatic carbocycles. The van der Waals surface area contributed by atoms with E-state index in [1.165, 1.54) is 12.8 Å². The lowest BCUT2D eigenvalue weighted by atomic mass is 10.2. The quantitative estimate of drug-likeness (QED) is 0.456. The van der Waals surface area contributed by atoms with Gasteiger partial charge in [0, 0.05) is 18.7 Å². The zero-order chi connectivity index (χ0) is 12.4. The van der Waals surface area contributed by atoms with Gasteiger partial charge in [-0.25, -0.2) is 5.84 Å². The second kappa shape index (κ2) is 4.89. The minimum atomic E-state index is -0.385. The number of hydrogen-bond donors (Lipinski definition) is 2. The number of carbonyl (C=O) groups excluding carboxylic acids is 1. The number of furan rings is 1. The number of hydrazine groups is 1. The van der Waals surface area contributed by atoms with E-state index in [0.717, 1.165) is 30.3 Å². The third kappa shape index (κ3) is 3.08. The van der Waals surface area contributed by atoms with Crippen molar-refractivity contribution < 1.29 is 9.21 Å². The van der Waals surface area contributed by atoms with Crippen LogP contribution < -0.4 is 11.3 Å². The van der Waals surface area contributed by atoms with E-state index < -0.39 is 0 Å². The Bertz CT molecular complexity index is 410. The average Bonchev–Trinajstić information content (AvgIpc) is 3.02. The zero-order valence-corrected chi connectivity index (χ0v) is 10.3. The highest BCUT2D eigenvalue weighted by Gasteiger charge is 2.23. The highest BCUT2D eigenvalue weighted by Crippen LogP contribution is 2.30. The SMILES string of the molecule is Cc1oc(C(=O)NN)cc1CN(C)CC1CC1. The Labute approximate surface area is 101 Å². The molecule has 1 aliphatic carbocycles. The van der Waals surface area contributed by atoms with E-state index in [0.29, 0.717) is 0 Å². The van der Waals surface area contributed by atoms with E-state index in [1.54, 1.807) is 6.07 Å². The van der Waals surface area contributed by atoms with Gasteiger partial charge in [-0.2, -0.15) is 0 Å². The van der Waals surface area contributed by atoms with Gasteiger partial charge in [-0.3, -0.25) is 10.2 Å². The van der Waals surface area contributed by atoms with Crippen LogP contribution in [0.3, 0.4) is 0 Å². The van der Waals surface area contributed by atoms with Crippen LogP contribution in [-0.4, -0.2) is 24.4 Å². The second-order valence-corrected chi connectivity index (χ2v) is 4.81. The first kappa shape index (κ1) is 12.1. The molecule has 94 valence electrons. The highest BCUT2D eigenvalue weighted by atomic mass is 16.4. The molecule has 0 aliphatic heterocycles. The normalized spacial score (nSPS) is 15.3. The van der Waals surface area contributed by atoms with Gasteiger partial charge in [0.05, 0.1) is 0 Å². The maximum absolute atomic E-state index is 11.3. The number of nitrogens with two attached hydrogens (primary N) is 1. The Hall–Kier alpha value is -1.33. The van der Waals surface area contributed by atoms with E-state index in [-0.39, 0.29) is 11.7 Å². The molecule has 0 atom stereocenters. The Morgan fingerprint density at radius 2 is 2.35 bits per heavy atom. The van der Waals surface area contributed by atoms with Gasteiger partial charge in [-0.15, -0.1) is 0 Å². The summed E-state index contributed by atoms with van der Waals surface area (Å²) in [6, 6.07) is 1.76. The first-order chi connectivity index (χ1) is 8.10. The van der Waals surface area contributed by atoms with E-state index >= 15 is 0 Å². The summed E-state index contributed by atoms with van der Waals surface area (Å²) in [5.74, 6) is 6.61. The van der Waals surface area contributed by atoms with Crippen molar-refractivity contribution in [2.24, 2.45) is 11.8 Å². The molecule has 17 heavy (non-hydrogen) atoms. The average molecular weight is 237 g/mol. The Morgan fingerprint density at radius 3 is 2.94 bits per heavy atom. The van der Waals surface area contributed by atoms with Crippen LogP contribution in [0.5, 0.6) is 0 Å². The number of carbonyl (C=O) groups is 1. The van der Waals surface area contributed by atoms with Crippen LogP contribution in [0.25, 0.3) is 0 Å². The lowest BCUT2D eigenvalue weighted by Crippen LogP contribution is -2.29. The van der Waals surface area contributed by atoms with Gasteiger partial charge < -0.3 is 9.32 Å². The van der Waals surface area contributed by atoms with Crippen LogP contribution >= 0.6 is 0 Å². The first-order valence-corrected chi connectivity index (χ1v) is 5.89. The molecule has 3 N–H and O–H groups in total. The summed E-state index contributed by atoms with van der Waals surface area (Å²) in [5, 5.41) is 0. The molecular weight excluding hydrogens is 218 g/mol. The predicted molar refractivity (Wildman–Crippen MR) is 64.2 cm³/mol. The van der Waals surface area contributed by atoms with Crippen LogP contribution in [0.1, 0.15) is 34.7 Å². The fourth-order valence-corrected chi connectivity index (χ4v) is 1.96. The molecule has 2 rings (SSSR count). The fourth-order valence-electron chi connectivity index (χ4n) is 1.96. The Morgan fingerprint density at radius 1 is 1.65 bits per heavy atom. The van der Waals surface area contributed by atoms with Crippen molar-refractivity contribution >= 4 is 5.91 Å². The maximum atomic E-state index is 11.3. The minimum Gasteiger partial charge on any atom is -0.456 e. The molecule has 0 spiro atoms. The zero-order valence-electron chi connectivity index (χ0n) is 10.3. The summed E-state index contributed by atoms with van der Waals surface area (Å²) in [7, 11) is 2.09. The Kier molecular flexibility index (Phi) is 3.49. The summed E-state index contributed by atoms with van der Waals surface area (Å²) in [6.07, 6.45) is 2.69. The van der Waals surface area contributed by atoms with Crippen molar-refractivity contribution in [2.45, 2.75) is 26.3 Å². The monoisotopic (exact) mass is 237 g/mol. The van der Waals surface area contributed by atoms with Gasteiger partial charge in [0.2, 0.25) is 0 Å². The summed E-state index contributed by atoms with van der Waals surface area (Å²) in [5.41, 5.74) is 3.12. The summed E-state index contributed by atoms with van der Waals surface area (Å²) < 4.78 is 5.37. The van der Waals surface area contributed by atoms with Crippen molar-refractivity contribution in [3.8, 4) is 0 Å². The number of aryl methyl sites for hydroxylation is 1. The van der Waals surface area contributed by atoms with Crippen LogP contribution in [-0.2, 0) is 6.54 Å². The van der Waals surface area contributed by atoms with Crippen molar-refractivity contribution in [2.75, 3.05) is 13.6 Å². The molecule has 0 radical (unpaired) electrons. The second-order valence-electron chi connectivity index (χ2n) is 4.81. The van der Waals surface area contributed by atoms with E-state index in [2.05, 4.69) is 17.4 Å². The van der Waals surface area contributed by atoms with Gasteiger partial charge in [-0.05, 0) is 38.8 Å². The lowest BCUT2D eigenvalue weighted by molar-refractivity contribution is 0.0924. The van der Waals surface area contributed by atoms with E-state index in [4.69, 9.17) is 10.3 Å². The van der Waals surface area contributed by atoms with Gasteiger partial charge in [0.25, 0.3) is 0 Å². The predicted octanol–water partition coefficient (Wildman–Crippen LogP) is 1.03. The standard InChI is InChI=1S/C12H19N3O2/c1-8-10(5-11(17-8)12(16)14-13)7-15(2)6-9-3-4-9/h5,9H,3-4,6-7,13H2,1-2H3,(H,14,16). The van der Waals surface area contributed by atoms with Crippen LogP contribution in [0.15, 0.2) is 10.5 Å². The number of nitrogens with one attached hydrogen (secondary N) is 1. The molecule has 5 nitrogen and oxygen atoms in total. The molecule has 0 saturated heterocycles. The molecular formula is C12H19N3O2. The van der Waals surface area contributed by atoms with E-state index in [1.807, 2.05) is 6.92 Å². The molecule has 1 aliphatic rings. The smallest absolute Gasteiger partial charge is 0.300 e. The molecule has 1 amide bonds. The molecule has 0 bridgehead atoms. The van der Waals surface area contributed by atoms with Gasteiger partial charge >= 0.3 is 5.91 Å². The third-order valence-electron chi connectivity index (χ3n) is 3.08. The largest absolute Gasteiger partial charge is 0.456 e. The van der Waals surface area contributed by atoms with Crippen LogP contribution in [0, 0.1) is 12.8 Å². The lowest BCUT2D eigenvalue weighted by Gasteiger charge is -2.15. The van der Waals surface area contributed by atoms with E-state index in [9.17, 15) is 4.79 Å². The number of hydrogen-bond acceptors (Lipinski definition) is 4. The first-order valence-electron chi connectivity index (χ1n) is 5.89. The number of amides is 1. The fraction of sp³-hybridized carbons (Fsp3) is 0.583. The molecule has 5 heteroatoms. The van der Waals surface area contributed by atoms with Crippen LogP contribution in [0.2, 0.25) is 0 Å². The topological polar surface area (TPSA) is 71.5 Å². The van der Waals surface area contributed by atoms with Crippen molar-refractivity contribution in [1.29, 1.82) is 0 Å². The number of nitrogens with zero attached hydrogens (tertiary/aromatic N) is 1. The molecule has 1 fully saturated rings. The van der Waals surface area contributed by atoms with Gasteiger partial charge in [0.15, 0.2) is 5.76 Å². The molecule has 1 aromatic heterocycles. The Balaban J connectivity index is 1.99. The van der Waals surface area contributed by atoms with Gasteiger partial charge in [0.1, 0.15) is 5.76 Å². The van der Waals surface area contributed by atoms with Crippen LogP contribution in [0.4, 0.5) is 0 Å². The summed E-state index contributed by atoms with van der Waals surface area (Å²) >= 11 is 0. The number of rotatable bonds is 5. The molecule has 1 saturated carbocycles. The van der Waals surface area contributed by atoms with Crippen molar-refractivity contribution in [3.05, 3.63) is 23.2 Å². The van der Waals surface area contributed by atoms with Crippen molar-refractivity contribution in [3.63, 3.8) is 0 Å².